The fourth-order valence-corrected chi connectivity index (χ4v) is 6.45. The van der Waals surface area contributed by atoms with Crippen LogP contribution in [0.15, 0.2) is 54.6 Å². The van der Waals surface area contributed by atoms with Gasteiger partial charge in [0.2, 0.25) is 20.0 Å². The van der Waals surface area contributed by atoms with Crippen molar-refractivity contribution in [1.29, 1.82) is 0 Å². The van der Waals surface area contributed by atoms with E-state index in [-0.39, 0.29) is 40.0 Å². The van der Waals surface area contributed by atoms with Gasteiger partial charge in [0, 0.05) is 12.1 Å². The van der Waals surface area contributed by atoms with Gasteiger partial charge in [0.25, 0.3) is 0 Å². The van der Waals surface area contributed by atoms with E-state index in [1.807, 2.05) is 0 Å². The Kier molecular flexibility index (Phi) is 8.05. The van der Waals surface area contributed by atoms with Crippen molar-refractivity contribution in [2.75, 3.05) is 20.1 Å². The van der Waals surface area contributed by atoms with Gasteiger partial charge in [0.15, 0.2) is 5.75 Å². The highest BCUT2D eigenvalue weighted by Crippen LogP contribution is 2.46. The largest absolute Gasteiger partial charge is 0.455 e. The number of nitrogens with zero attached hydrogens (tertiary/aromatic N) is 1. The number of rotatable bonds is 11. The van der Waals surface area contributed by atoms with Crippen LogP contribution in [0.5, 0.6) is 11.5 Å². The summed E-state index contributed by atoms with van der Waals surface area (Å²) < 4.78 is 89.5. The highest BCUT2D eigenvalue weighted by atomic mass is 32.2. The molecule has 0 aromatic heterocycles. The van der Waals surface area contributed by atoms with Gasteiger partial charge < -0.3 is 15.2 Å². The number of ether oxygens (including phenoxy) is 1. The van der Waals surface area contributed by atoms with Gasteiger partial charge in [-0.25, -0.2) is 29.9 Å². The smallest absolute Gasteiger partial charge is 0.240 e. The van der Waals surface area contributed by atoms with E-state index >= 15 is 0 Å². The molecule has 0 bridgehead atoms. The number of benzene rings is 3. The Morgan fingerprint density at radius 2 is 1.77 bits per heavy atom. The van der Waals surface area contributed by atoms with Gasteiger partial charge in [-0.2, -0.15) is 0 Å². The van der Waals surface area contributed by atoms with Crippen LogP contribution < -0.4 is 19.1 Å². The van der Waals surface area contributed by atoms with Crippen LogP contribution in [-0.2, 0) is 20.0 Å². The summed E-state index contributed by atoms with van der Waals surface area (Å²) in [5.41, 5.74) is 0.356. The Bertz CT molecular complexity index is 1590. The molecule has 0 heterocycles. The Morgan fingerprint density at radius 1 is 1.05 bits per heavy atom. The number of hydrogen-bond donors (Lipinski definition) is 3. The van der Waals surface area contributed by atoms with Crippen molar-refractivity contribution >= 4 is 42.8 Å². The van der Waals surface area contributed by atoms with E-state index in [9.17, 15) is 30.7 Å². The summed E-state index contributed by atoms with van der Waals surface area (Å²) >= 11 is 0. The summed E-state index contributed by atoms with van der Waals surface area (Å²) in [7, 11) is -7.72. The van der Waals surface area contributed by atoms with Gasteiger partial charge in [-0.05, 0) is 69.5 Å². The van der Waals surface area contributed by atoms with E-state index in [0.29, 0.717) is 18.4 Å². The van der Waals surface area contributed by atoms with Crippen LogP contribution in [0.25, 0.3) is 0 Å². The van der Waals surface area contributed by atoms with E-state index in [1.54, 1.807) is 13.0 Å². The zero-order valence-corrected chi connectivity index (χ0v) is 23.1. The highest BCUT2D eigenvalue weighted by molar-refractivity contribution is 7.93. The molecular weight excluding hydrogens is 552 g/mol. The first kappa shape index (κ1) is 28.6. The number of anilines is 4. The molecule has 1 aliphatic rings. The van der Waals surface area contributed by atoms with Crippen molar-refractivity contribution < 1.29 is 35.5 Å². The molecule has 0 amide bonds. The normalized spacial score (nSPS) is 14.5. The fraction of sp³-hybridized carbons (Fsp3) is 0.308. The van der Waals surface area contributed by atoms with Gasteiger partial charge in [-0.3, -0.25) is 4.72 Å². The highest BCUT2D eigenvalue weighted by Gasteiger charge is 2.44. The van der Waals surface area contributed by atoms with E-state index in [0.717, 1.165) is 16.4 Å². The lowest BCUT2D eigenvalue weighted by Crippen LogP contribution is -2.41. The number of sulfonamides is 2. The van der Waals surface area contributed by atoms with Crippen molar-refractivity contribution in [3.05, 3.63) is 71.8 Å². The Morgan fingerprint density at radius 3 is 2.38 bits per heavy atom. The molecule has 1 saturated carbocycles. The van der Waals surface area contributed by atoms with E-state index < -0.39 is 43.2 Å². The first-order chi connectivity index (χ1) is 18.3. The lowest BCUT2D eigenvalue weighted by molar-refractivity contribution is 0.206. The van der Waals surface area contributed by atoms with E-state index in [1.165, 1.54) is 50.2 Å². The third-order valence-electron chi connectivity index (χ3n) is 5.93. The lowest BCUT2D eigenvalue weighted by Gasteiger charge is -2.31. The Balaban J connectivity index is 1.87. The van der Waals surface area contributed by atoms with Gasteiger partial charge in [0.05, 0.1) is 28.1 Å². The van der Waals surface area contributed by atoms with Crippen molar-refractivity contribution in [1.82, 2.24) is 0 Å². The summed E-state index contributed by atoms with van der Waals surface area (Å²) in [6.07, 6.45) is -0.815. The van der Waals surface area contributed by atoms with Crippen LogP contribution >= 0.6 is 0 Å². The second-order valence-corrected chi connectivity index (χ2v) is 13.3. The van der Waals surface area contributed by atoms with Gasteiger partial charge in [-0.1, -0.05) is 12.1 Å². The van der Waals surface area contributed by atoms with Gasteiger partial charge in [0.1, 0.15) is 29.3 Å². The minimum atomic E-state index is -4.12. The Labute approximate surface area is 226 Å². The lowest BCUT2D eigenvalue weighted by atomic mass is 10.2. The second-order valence-electron chi connectivity index (χ2n) is 9.22. The summed E-state index contributed by atoms with van der Waals surface area (Å²) in [5, 5.41) is 12.6. The minimum Gasteiger partial charge on any atom is -0.455 e. The first-order valence-corrected chi connectivity index (χ1v) is 15.3. The molecule has 1 aliphatic carbocycles. The molecule has 9 nitrogen and oxygen atoms in total. The average molecular weight is 582 g/mol. The van der Waals surface area contributed by atoms with Crippen LogP contribution in [0, 0.1) is 18.6 Å². The first-order valence-electron chi connectivity index (χ1n) is 12.2. The molecular formula is C26H29F2N3O6S2. The third-order valence-corrected chi connectivity index (χ3v) is 9.59. The fourth-order valence-electron chi connectivity index (χ4n) is 3.90. The molecule has 0 aliphatic heterocycles. The Hall–Kier alpha value is -3.42. The predicted octanol–water partition coefficient (Wildman–Crippen LogP) is 5.21. The average Bonchev–Trinajstić information content (AvgIpc) is 3.69. The summed E-state index contributed by atoms with van der Waals surface area (Å²) in [5.74, 6) is -1.90. The monoisotopic (exact) mass is 581 g/mol. The molecule has 13 heteroatoms. The topological polar surface area (TPSA) is 125 Å². The molecule has 0 radical (unpaired) electrons. The van der Waals surface area contributed by atoms with Gasteiger partial charge in [-0.15, -0.1) is 0 Å². The molecule has 4 rings (SSSR count). The van der Waals surface area contributed by atoms with Crippen molar-refractivity contribution in [2.45, 2.75) is 45.1 Å². The number of aryl methyl sites for hydroxylation is 1. The van der Waals surface area contributed by atoms with E-state index in [2.05, 4.69) is 10.0 Å². The van der Waals surface area contributed by atoms with Crippen molar-refractivity contribution in [3.8, 4) is 11.5 Å². The van der Waals surface area contributed by atoms with Crippen molar-refractivity contribution in [3.63, 3.8) is 0 Å². The second kappa shape index (κ2) is 11.0. The zero-order valence-electron chi connectivity index (χ0n) is 21.5. The summed E-state index contributed by atoms with van der Waals surface area (Å²) in [6, 6.07) is 12.0. The zero-order chi connectivity index (χ0) is 28.5. The molecule has 210 valence electrons. The van der Waals surface area contributed by atoms with Crippen LogP contribution in [-0.4, -0.2) is 39.2 Å². The van der Waals surface area contributed by atoms with Crippen LogP contribution in [0.3, 0.4) is 0 Å². The molecule has 0 spiro atoms. The van der Waals surface area contributed by atoms with Crippen molar-refractivity contribution in [2.24, 2.45) is 0 Å². The maximum absolute atomic E-state index is 14.9. The number of aliphatic hydroxyl groups is 1. The number of hydrogen-bond acceptors (Lipinski definition) is 7. The summed E-state index contributed by atoms with van der Waals surface area (Å²) in [4.78, 5) is 0. The molecule has 3 aromatic carbocycles. The van der Waals surface area contributed by atoms with E-state index in [4.69, 9.17) is 4.74 Å². The molecule has 1 atom stereocenters. The summed E-state index contributed by atoms with van der Waals surface area (Å²) in [6.45, 7) is 4.40. The minimum absolute atomic E-state index is 0.0521. The van der Waals surface area contributed by atoms with Crippen LogP contribution in [0.2, 0.25) is 0 Å². The number of halogens is 2. The molecule has 0 saturated heterocycles. The number of aliphatic hydroxyl groups excluding tert-OH is 1. The number of nitrogens with one attached hydrogen (secondary N) is 2. The maximum atomic E-state index is 14.9. The quantitative estimate of drug-likeness (QED) is 0.266. The molecule has 1 unspecified atom stereocenters. The standard InChI is InChI=1S/C26H29F2N3O6S2/c1-4-38(33,34)30-19-6-5-7-20(15-19)37-25-14-18(27)13-24(29-23-11-8-16(2)12-22(23)28)26(25)31(17(3)32)39(35,36)21-9-10-21/h5-8,11-15,17,21,29-30,32H,4,9-10H2,1-3H3. The van der Waals surface area contributed by atoms with Gasteiger partial charge >= 0.3 is 0 Å². The molecule has 3 aromatic rings. The molecule has 39 heavy (non-hydrogen) atoms. The van der Waals surface area contributed by atoms with Crippen LogP contribution in [0.1, 0.15) is 32.3 Å². The predicted molar refractivity (Wildman–Crippen MR) is 147 cm³/mol. The third kappa shape index (κ3) is 6.60. The molecule has 1 fully saturated rings. The van der Waals surface area contributed by atoms with Crippen LogP contribution in [0.4, 0.5) is 31.5 Å². The maximum Gasteiger partial charge on any atom is 0.240 e. The SMILES string of the molecule is CCS(=O)(=O)Nc1cccc(Oc2cc(F)cc(Nc3ccc(C)cc3F)c2N(C(C)O)S(=O)(=O)C2CC2)c1. The molecule has 3 N–H and O–H groups in total.